The lowest BCUT2D eigenvalue weighted by molar-refractivity contribution is 0.102. The minimum absolute atomic E-state index is 0.181. The molecule has 1 amide bonds. The van der Waals surface area contributed by atoms with Gasteiger partial charge >= 0.3 is 0 Å². The normalized spacial score (nSPS) is 10.8. The molecule has 0 aliphatic heterocycles. The molecule has 0 radical (unpaired) electrons. The Morgan fingerprint density at radius 1 is 1.21 bits per heavy atom. The summed E-state index contributed by atoms with van der Waals surface area (Å²) in [6.07, 6.45) is 4.63. The molecule has 140 valence electrons. The van der Waals surface area contributed by atoms with E-state index in [-0.39, 0.29) is 11.5 Å². The fourth-order valence-corrected chi connectivity index (χ4v) is 2.65. The number of nitrogens with one attached hydrogen (secondary N) is 1. The summed E-state index contributed by atoms with van der Waals surface area (Å²) < 4.78 is 20.2. The van der Waals surface area contributed by atoms with E-state index in [0.717, 1.165) is 0 Å². The number of nitrogens with zero attached hydrogens (tertiary/aromatic N) is 5. The molecule has 3 heterocycles. The van der Waals surface area contributed by atoms with Gasteiger partial charge < -0.3 is 9.84 Å². The van der Waals surface area contributed by atoms with E-state index in [0.29, 0.717) is 34.3 Å². The summed E-state index contributed by atoms with van der Waals surface area (Å²) in [7, 11) is 0. The Kier molecular flexibility index (Phi) is 4.40. The molecule has 0 unspecified atom stereocenters. The molecular weight excluding hydrogens is 363 g/mol. The van der Waals surface area contributed by atoms with Crippen molar-refractivity contribution in [2.45, 2.75) is 13.8 Å². The number of carbonyl (C=O) groups is 1. The summed E-state index contributed by atoms with van der Waals surface area (Å²) in [6.45, 7) is 3.35. The number of amides is 1. The lowest BCUT2D eigenvalue weighted by atomic mass is 10.2. The molecule has 3 aromatic heterocycles. The Balaban J connectivity index is 1.61. The molecule has 0 bridgehead atoms. The fourth-order valence-electron chi connectivity index (χ4n) is 2.65. The standard InChI is InChI=1S/C19H15FN6O2/c1-11-8-13(5-6-15(11)20)24-18(27)16-9-26(10-22-16)17-14(4-3-7-21-17)19-23-12(2)25-28-19/h3-10H,1-2H3,(H,24,27). The van der Waals surface area contributed by atoms with Crippen molar-refractivity contribution in [1.82, 2.24) is 24.7 Å². The molecule has 28 heavy (non-hydrogen) atoms. The van der Waals surface area contributed by atoms with Crippen molar-refractivity contribution in [3.63, 3.8) is 0 Å². The summed E-state index contributed by atoms with van der Waals surface area (Å²) in [5, 5.41) is 6.49. The Bertz CT molecular complexity index is 1170. The van der Waals surface area contributed by atoms with Crippen molar-refractivity contribution >= 4 is 11.6 Å². The van der Waals surface area contributed by atoms with Crippen LogP contribution in [-0.2, 0) is 0 Å². The van der Waals surface area contributed by atoms with Crippen molar-refractivity contribution in [1.29, 1.82) is 0 Å². The zero-order chi connectivity index (χ0) is 19.7. The smallest absolute Gasteiger partial charge is 0.275 e. The van der Waals surface area contributed by atoms with Gasteiger partial charge in [0, 0.05) is 18.1 Å². The average molecular weight is 378 g/mol. The Morgan fingerprint density at radius 2 is 2.07 bits per heavy atom. The number of halogens is 1. The zero-order valence-electron chi connectivity index (χ0n) is 15.0. The van der Waals surface area contributed by atoms with Crippen molar-refractivity contribution in [3.05, 3.63) is 72.0 Å². The number of aryl methyl sites for hydroxylation is 2. The van der Waals surface area contributed by atoms with E-state index in [4.69, 9.17) is 4.52 Å². The second-order valence-electron chi connectivity index (χ2n) is 6.11. The molecule has 0 saturated carbocycles. The molecule has 0 saturated heterocycles. The quantitative estimate of drug-likeness (QED) is 0.585. The van der Waals surface area contributed by atoms with Gasteiger partial charge in [0.1, 0.15) is 17.8 Å². The van der Waals surface area contributed by atoms with Gasteiger partial charge in [-0.1, -0.05) is 5.16 Å². The number of carbonyl (C=O) groups excluding carboxylic acids is 1. The first-order valence-electron chi connectivity index (χ1n) is 8.39. The van der Waals surface area contributed by atoms with Crippen LogP contribution < -0.4 is 5.32 Å². The highest BCUT2D eigenvalue weighted by atomic mass is 19.1. The fraction of sp³-hybridized carbons (Fsp3) is 0.105. The number of anilines is 1. The van der Waals surface area contributed by atoms with Gasteiger partial charge in [-0.25, -0.2) is 14.4 Å². The summed E-state index contributed by atoms with van der Waals surface area (Å²) in [5.41, 5.74) is 1.72. The van der Waals surface area contributed by atoms with Crippen LogP contribution in [0.5, 0.6) is 0 Å². The minimum atomic E-state index is -0.420. The van der Waals surface area contributed by atoms with Crippen molar-refractivity contribution < 1.29 is 13.7 Å². The molecule has 0 spiro atoms. The number of benzene rings is 1. The number of imidazole rings is 1. The first-order valence-corrected chi connectivity index (χ1v) is 8.39. The minimum Gasteiger partial charge on any atom is -0.334 e. The number of rotatable bonds is 4. The van der Waals surface area contributed by atoms with E-state index >= 15 is 0 Å². The van der Waals surface area contributed by atoms with E-state index in [1.165, 1.54) is 18.5 Å². The summed E-state index contributed by atoms with van der Waals surface area (Å²) >= 11 is 0. The van der Waals surface area contributed by atoms with Crippen LogP contribution in [0.2, 0.25) is 0 Å². The molecule has 1 aromatic carbocycles. The van der Waals surface area contributed by atoms with Crippen LogP contribution in [0.15, 0.2) is 53.6 Å². The molecule has 0 aliphatic carbocycles. The highest BCUT2D eigenvalue weighted by Gasteiger charge is 2.16. The van der Waals surface area contributed by atoms with E-state index < -0.39 is 5.91 Å². The first kappa shape index (κ1) is 17.5. The SMILES string of the molecule is Cc1noc(-c2cccnc2-n2cnc(C(=O)Nc3ccc(F)c(C)c3)c2)n1. The lowest BCUT2D eigenvalue weighted by Crippen LogP contribution is -2.12. The zero-order valence-corrected chi connectivity index (χ0v) is 15.0. The number of aromatic nitrogens is 5. The van der Waals surface area contributed by atoms with Gasteiger partial charge in [-0.2, -0.15) is 4.98 Å². The molecule has 4 rings (SSSR count). The molecule has 1 N–H and O–H groups in total. The lowest BCUT2D eigenvalue weighted by Gasteiger charge is -2.06. The van der Waals surface area contributed by atoms with Crippen molar-refractivity contribution in [3.8, 4) is 17.3 Å². The average Bonchev–Trinajstić information content (AvgIpc) is 3.34. The molecule has 4 aromatic rings. The third-order valence-electron chi connectivity index (χ3n) is 4.02. The summed E-state index contributed by atoms with van der Waals surface area (Å²) in [6, 6.07) is 7.89. The van der Waals surface area contributed by atoms with Crippen LogP contribution in [0.25, 0.3) is 17.3 Å². The van der Waals surface area contributed by atoms with E-state index in [9.17, 15) is 9.18 Å². The number of hydrogen-bond donors (Lipinski definition) is 1. The van der Waals surface area contributed by atoms with Crippen LogP contribution in [0.1, 0.15) is 21.9 Å². The molecule has 0 atom stereocenters. The van der Waals surface area contributed by atoms with E-state index in [1.54, 1.807) is 49.0 Å². The summed E-state index contributed by atoms with van der Waals surface area (Å²) in [5.74, 6) is 0.569. The second-order valence-corrected chi connectivity index (χ2v) is 6.11. The summed E-state index contributed by atoms with van der Waals surface area (Å²) in [4.78, 5) is 25.2. The monoisotopic (exact) mass is 378 g/mol. The maximum absolute atomic E-state index is 13.4. The maximum Gasteiger partial charge on any atom is 0.275 e. The Labute approximate surface area is 159 Å². The first-order chi connectivity index (χ1) is 13.5. The highest BCUT2D eigenvalue weighted by Crippen LogP contribution is 2.23. The molecular formula is C19H15FN6O2. The predicted octanol–water partition coefficient (Wildman–Crippen LogP) is 3.33. The van der Waals surface area contributed by atoms with E-state index in [2.05, 4.69) is 25.4 Å². The van der Waals surface area contributed by atoms with Crippen LogP contribution in [-0.4, -0.2) is 30.6 Å². The number of hydrogen-bond acceptors (Lipinski definition) is 6. The van der Waals surface area contributed by atoms with Gasteiger partial charge in [0.15, 0.2) is 11.6 Å². The third kappa shape index (κ3) is 3.37. The van der Waals surface area contributed by atoms with Gasteiger partial charge in [0.2, 0.25) is 0 Å². The third-order valence-corrected chi connectivity index (χ3v) is 4.02. The van der Waals surface area contributed by atoms with Crippen molar-refractivity contribution in [2.75, 3.05) is 5.32 Å². The van der Waals surface area contributed by atoms with Crippen LogP contribution in [0.3, 0.4) is 0 Å². The Hall–Kier alpha value is -3.88. The van der Waals surface area contributed by atoms with Gasteiger partial charge in [0.05, 0.1) is 5.56 Å². The Morgan fingerprint density at radius 3 is 2.82 bits per heavy atom. The predicted molar refractivity (Wildman–Crippen MR) is 98.5 cm³/mol. The van der Waals surface area contributed by atoms with Crippen LogP contribution >= 0.6 is 0 Å². The molecule has 0 aliphatic rings. The van der Waals surface area contributed by atoms with Gasteiger partial charge in [-0.05, 0) is 49.7 Å². The maximum atomic E-state index is 13.4. The second kappa shape index (κ2) is 7.03. The van der Waals surface area contributed by atoms with Crippen LogP contribution in [0, 0.1) is 19.7 Å². The van der Waals surface area contributed by atoms with Gasteiger partial charge in [-0.3, -0.25) is 9.36 Å². The van der Waals surface area contributed by atoms with E-state index in [1.807, 2.05) is 0 Å². The largest absolute Gasteiger partial charge is 0.334 e. The topological polar surface area (TPSA) is 98.7 Å². The van der Waals surface area contributed by atoms with Gasteiger partial charge in [0.25, 0.3) is 11.8 Å². The molecule has 8 nitrogen and oxygen atoms in total. The van der Waals surface area contributed by atoms with Gasteiger partial charge in [-0.15, -0.1) is 0 Å². The number of pyridine rings is 1. The van der Waals surface area contributed by atoms with Crippen LogP contribution in [0.4, 0.5) is 10.1 Å². The highest BCUT2D eigenvalue weighted by molar-refractivity contribution is 6.02. The molecule has 0 fully saturated rings. The molecule has 9 heteroatoms. The van der Waals surface area contributed by atoms with Crippen molar-refractivity contribution in [2.24, 2.45) is 0 Å².